The second-order valence-corrected chi connectivity index (χ2v) is 6.24. The van der Waals surface area contributed by atoms with Gasteiger partial charge < -0.3 is 14.9 Å². The molecule has 0 saturated carbocycles. The molecule has 2 atom stereocenters. The first-order chi connectivity index (χ1) is 10.6. The van der Waals surface area contributed by atoms with Crippen LogP contribution in [0.15, 0.2) is 24.3 Å². The van der Waals surface area contributed by atoms with Crippen LogP contribution in [0, 0.1) is 5.92 Å². The number of hydrogen-bond donors (Lipinski definition) is 1. The van der Waals surface area contributed by atoms with Gasteiger partial charge in [0, 0.05) is 43.2 Å². The van der Waals surface area contributed by atoms with Crippen molar-refractivity contribution >= 4 is 17.5 Å². The molecule has 2 unspecified atom stereocenters. The van der Waals surface area contributed by atoms with Crippen LogP contribution >= 0.6 is 0 Å². The maximum absolute atomic E-state index is 12.5. The Morgan fingerprint density at radius 3 is 2.55 bits per heavy atom. The zero-order valence-electron chi connectivity index (χ0n) is 12.9. The third kappa shape index (κ3) is 2.86. The Morgan fingerprint density at radius 2 is 2.00 bits per heavy atom. The molecule has 2 aliphatic rings. The highest BCUT2D eigenvalue weighted by Crippen LogP contribution is 2.24. The largest absolute Gasteiger partial charge is 0.393 e. The molecule has 0 aliphatic carbocycles. The summed E-state index contributed by atoms with van der Waals surface area (Å²) in [7, 11) is 0. The van der Waals surface area contributed by atoms with Gasteiger partial charge in [0.1, 0.15) is 0 Å². The van der Waals surface area contributed by atoms with Crippen molar-refractivity contribution in [2.45, 2.75) is 32.3 Å². The van der Waals surface area contributed by atoms with Gasteiger partial charge in [-0.05, 0) is 44.0 Å². The topological polar surface area (TPSA) is 60.9 Å². The molecule has 0 aromatic heterocycles. The van der Waals surface area contributed by atoms with E-state index in [2.05, 4.69) is 0 Å². The lowest BCUT2D eigenvalue weighted by atomic mass is 10.0. The molecule has 0 bridgehead atoms. The summed E-state index contributed by atoms with van der Waals surface area (Å²) in [5.41, 5.74) is 1.50. The van der Waals surface area contributed by atoms with Crippen LogP contribution in [0.4, 0.5) is 5.69 Å². The SMILES string of the molecule is CC(O)C1CCN(C(=O)c2ccc(N3CCCC3=O)cc2)C1. The summed E-state index contributed by atoms with van der Waals surface area (Å²) in [5, 5.41) is 9.63. The van der Waals surface area contributed by atoms with E-state index >= 15 is 0 Å². The van der Waals surface area contributed by atoms with E-state index < -0.39 is 0 Å². The minimum absolute atomic E-state index is 0.00227. The predicted octanol–water partition coefficient (Wildman–Crippen LogP) is 1.66. The van der Waals surface area contributed by atoms with E-state index in [9.17, 15) is 14.7 Å². The quantitative estimate of drug-likeness (QED) is 0.923. The highest BCUT2D eigenvalue weighted by Gasteiger charge is 2.29. The summed E-state index contributed by atoms with van der Waals surface area (Å²) in [5.74, 6) is 0.325. The Kier molecular flexibility index (Phi) is 4.16. The Labute approximate surface area is 130 Å². The van der Waals surface area contributed by atoms with Gasteiger partial charge in [0.25, 0.3) is 5.91 Å². The summed E-state index contributed by atoms with van der Waals surface area (Å²) in [6, 6.07) is 7.27. The summed E-state index contributed by atoms with van der Waals surface area (Å²) in [6.45, 7) is 3.85. The molecule has 0 radical (unpaired) electrons. The van der Waals surface area contributed by atoms with Crippen LogP contribution in [0.3, 0.4) is 0 Å². The normalized spacial score (nSPS) is 23.2. The summed E-state index contributed by atoms with van der Waals surface area (Å²) >= 11 is 0. The molecule has 2 fully saturated rings. The van der Waals surface area contributed by atoms with Gasteiger partial charge in [-0.3, -0.25) is 9.59 Å². The third-order valence-corrected chi connectivity index (χ3v) is 4.69. The van der Waals surface area contributed by atoms with Gasteiger partial charge in [-0.15, -0.1) is 0 Å². The lowest BCUT2D eigenvalue weighted by Crippen LogP contribution is -2.30. The van der Waals surface area contributed by atoms with E-state index in [4.69, 9.17) is 0 Å². The third-order valence-electron chi connectivity index (χ3n) is 4.69. The molecule has 1 aromatic carbocycles. The molecule has 3 rings (SSSR count). The van der Waals surface area contributed by atoms with Crippen LogP contribution in [0.25, 0.3) is 0 Å². The number of amides is 2. The Balaban J connectivity index is 1.68. The zero-order valence-corrected chi connectivity index (χ0v) is 12.9. The number of likely N-dealkylation sites (tertiary alicyclic amines) is 1. The summed E-state index contributed by atoms with van der Waals surface area (Å²) < 4.78 is 0. The van der Waals surface area contributed by atoms with E-state index in [1.165, 1.54) is 0 Å². The second-order valence-electron chi connectivity index (χ2n) is 6.24. The molecular formula is C17H22N2O3. The number of rotatable bonds is 3. The number of aliphatic hydroxyl groups excluding tert-OH is 1. The van der Waals surface area contributed by atoms with E-state index in [0.717, 1.165) is 25.1 Å². The van der Waals surface area contributed by atoms with Crippen molar-refractivity contribution < 1.29 is 14.7 Å². The molecule has 2 saturated heterocycles. The first-order valence-corrected chi connectivity index (χ1v) is 7.94. The van der Waals surface area contributed by atoms with Gasteiger partial charge in [-0.25, -0.2) is 0 Å². The second kappa shape index (κ2) is 6.08. The molecule has 2 amide bonds. The summed E-state index contributed by atoms with van der Waals surface area (Å²) in [4.78, 5) is 27.8. The smallest absolute Gasteiger partial charge is 0.253 e. The molecule has 5 heteroatoms. The molecule has 2 aliphatic heterocycles. The lowest BCUT2D eigenvalue weighted by molar-refractivity contribution is -0.117. The maximum atomic E-state index is 12.5. The molecule has 0 spiro atoms. The van der Waals surface area contributed by atoms with Crippen LogP contribution in [-0.4, -0.2) is 47.6 Å². The minimum atomic E-state index is -0.374. The Morgan fingerprint density at radius 1 is 1.27 bits per heavy atom. The van der Waals surface area contributed by atoms with Crippen molar-refractivity contribution in [2.24, 2.45) is 5.92 Å². The molecule has 1 N–H and O–H groups in total. The van der Waals surface area contributed by atoms with Gasteiger partial charge in [0.05, 0.1) is 6.10 Å². The molecule has 1 aromatic rings. The maximum Gasteiger partial charge on any atom is 0.253 e. The average Bonchev–Trinajstić information content (AvgIpc) is 3.15. The molecule has 2 heterocycles. The first kappa shape index (κ1) is 15.0. The number of carbonyl (C=O) groups is 2. The molecular weight excluding hydrogens is 280 g/mol. The van der Waals surface area contributed by atoms with Gasteiger partial charge in [-0.1, -0.05) is 0 Å². The van der Waals surface area contributed by atoms with Crippen molar-refractivity contribution in [3.05, 3.63) is 29.8 Å². The standard InChI is InChI=1S/C17H22N2O3/c1-12(20)14-8-10-18(11-14)17(22)13-4-6-15(7-5-13)19-9-2-3-16(19)21/h4-7,12,14,20H,2-3,8-11H2,1H3. The van der Waals surface area contributed by atoms with E-state index in [1.54, 1.807) is 28.9 Å². The van der Waals surface area contributed by atoms with Crippen molar-refractivity contribution in [2.75, 3.05) is 24.5 Å². The summed E-state index contributed by atoms with van der Waals surface area (Å²) in [6.07, 6.45) is 1.98. The number of benzene rings is 1. The fraction of sp³-hybridized carbons (Fsp3) is 0.529. The number of aliphatic hydroxyl groups is 1. The number of hydrogen-bond acceptors (Lipinski definition) is 3. The lowest BCUT2D eigenvalue weighted by Gasteiger charge is -2.19. The van der Waals surface area contributed by atoms with Gasteiger partial charge >= 0.3 is 0 Å². The predicted molar refractivity (Wildman–Crippen MR) is 83.7 cm³/mol. The van der Waals surface area contributed by atoms with Crippen LogP contribution < -0.4 is 4.90 Å². The van der Waals surface area contributed by atoms with Crippen LogP contribution in [0.5, 0.6) is 0 Å². The fourth-order valence-electron chi connectivity index (χ4n) is 3.25. The van der Waals surface area contributed by atoms with Crippen LogP contribution in [0.1, 0.15) is 36.5 Å². The average molecular weight is 302 g/mol. The Bertz CT molecular complexity index is 568. The van der Waals surface area contributed by atoms with Gasteiger partial charge in [0.15, 0.2) is 0 Å². The Hall–Kier alpha value is -1.88. The van der Waals surface area contributed by atoms with Crippen molar-refractivity contribution in [3.8, 4) is 0 Å². The highest BCUT2D eigenvalue weighted by atomic mass is 16.3. The monoisotopic (exact) mass is 302 g/mol. The number of nitrogens with zero attached hydrogens (tertiary/aromatic N) is 2. The minimum Gasteiger partial charge on any atom is -0.393 e. The van der Waals surface area contributed by atoms with E-state index in [0.29, 0.717) is 25.1 Å². The van der Waals surface area contributed by atoms with E-state index in [-0.39, 0.29) is 23.8 Å². The van der Waals surface area contributed by atoms with Crippen molar-refractivity contribution in [3.63, 3.8) is 0 Å². The van der Waals surface area contributed by atoms with Crippen molar-refractivity contribution in [1.29, 1.82) is 0 Å². The van der Waals surface area contributed by atoms with Crippen LogP contribution in [-0.2, 0) is 4.79 Å². The number of carbonyl (C=O) groups excluding carboxylic acids is 2. The first-order valence-electron chi connectivity index (χ1n) is 7.94. The molecule has 5 nitrogen and oxygen atoms in total. The fourth-order valence-corrected chi connectivity index (χ4v) is 3.25. The van der Waals surface area contributed by atoms with Gasteiger partial charge in [-0.2, -0.15) is 0 Å². The van der Waals surface area contributed by atoms with Gasteiger partial charge in [0.2, 0.25) is 5.91 Å². The molecule has 118 valence electrons. The van der Waals surface area contributed by atoms with E-state index in [1.807, 2.05) is 12.1 Å². The highest BCUT2D eigenvalue weighted by molar-refractivity contribution is 5.97. The zero-order chi connectivity index (χ0) is 15.7. The number of anilines is 1. The molecule has 22 heavy (non-hydrogen) atoms. The van der Waals surface area contributed by atoms with Crippen LogP contribution in [0.2, 0.25) is 0 Å². The van der Waals surface area contributed by atoms with Crippen molar-refractivity contribution in [1.82, 2.24) is 4.90 Å².